The molecular formula is C24H37N5OS. The van der Waals surface area contributed by atoms with E-state index in [0.29, 0.717) is 11.0 Å². The average molecular weight is 444 g/mol. The molecule has 0 bridgehead atoms. The van der Waals surface area contributed by atoms with E-state index < -0.39 is 0 Å². The Bertz CT molecular complexity index is 855. The predicted molar refractivity (Wildman–Crippen MR) is 131 cm³/mol. The van der Waals surface area contributed by atoms with Crippen LogP contribution in [0.2, 0.25) is 0 Å². The van der Waals surface area contributed by atoms with Gasteiger partial charge in [-0.3, -0.25) is 10.1 Å². The summed E-state index contributed by atoms with van der Waals surface area (Å²) in [6.07, 6.45) is 2.59. The quantitative estimate of drug-likeness (QED) is 0.523. The van der Waals surface area contributed by atoms with Crippen LogP contribution in [0.15, 0.2) is 12.1 Å². The standard InChI is InChI=1S/C24H37N5OS/c1-15(2)18-13-19(16(3)4)21(20(14-18)17(5)6)22(30)26-24-28-27-23(31-24)25-9-12-29-10-7-8-11-29/h13-17H,7-12H2,1-6H3,(H,25,27)(H,26,28,30). The van der Waals surface area contributed by atoms with Crippen LogP contribution in [0, 0.1) is 0 Å². The summed E-state index contributed by atoms with van der Waals surface area (Å²) in [4.78, 5) is 15.8. The van der Waals surface area contributed by atoms with Crippen molar-refractivity contribution in [2.75, 3.05) is 36.8 Å². The second kappa shape index (κ2) is 10.6. The maximum absolute atomic E-state index is 13.3. The minimum Gasteiger partial charge on any atom is -0.359 e. The van der Waals surface area contributed by atoms with Crippen LogP contribution in [0.3, 0.4) is 0 Å². The van der Waals surface area contributed by atoms with E-state index in [-0.39, 0.29) is 17.7 Å². The van der Waals surface area contributed by atoms with Gasteiger partial charge in [0.05, 0.1) is 0 Å². The minimum atomic E-state index is -0.0949. The Hall–Kier alpha value is -1.99. The summed E-state index contributed by atoms with van der Waals surface area (Å²) in [7, 11) is 0. The number of benzene rings is 1. The van der Waals surface area contributed by atoms with E-state index in [2.05, 4.69) is 79.4 Å². The van der Waals surface area contributed by atoms with Crippen LogP contribution >= 0.6 is 11.3 Å². The molecule has 2 N–H and O–H groups in total. The van der Waals surface area contributed by atoms with E-state index in [9.17, 15) is 4.79 Å². The third-order valence-corrected chi connectivity index (χ3v) is 6.70. The number of hydrogen-bond donors (Lipinski definition) is 2. The van der Waals surface area contributed by atoms with E-state index in [4.69, 9.17) is 0 Å². The molecule has 6 nitrogen and oxygen atoms in total. The molecule has 1 aromatic carbocycles. The Kier molecular flexibility index (Phi) is 8.06. The smallest absolute Gasteiger partial charge is 0.258 e. The van der Waals surface area contributed by atoms with Crippen molar-refractivity contribution in [1.82, 2.24) is 15.1 Å². The van der Waals surface area contributed by atoms with E-state index in [1.165, 1.54) is 42.8 Å². The van der Waals surface area contributed by atoms with E-state index in [1.54, 1.807) is 0 Å². The molecule has 0 atom stereocenters. The van der Waals surface area contributed by atoms with Gasteiger partial charge in [0.25, 0.3) is 5.91 Å². The second-order valence-electron chi connectivity index (χ2n) is 9.38. The lowest BCUT2D eigenvalue weighted by Gasteiger charge is -2.22. The maximum Gasteiger partial charge on any atom is 0.258 e. The van der Waals surface area contributed by atoms with Gasteiger partial charge in [0.15, 0.2) is 0 Å². The van der Waals surface area contributed by atoms with Crippen molar-refractivity contribution >= 4 is 27.5 Å². The van der Waals surface area contributed by atoms with Gasteiger partial charge in [-0.2, -0.15) is 0 Å². The molecule has 2 aromatic rings. The number of hydrogen-bond acceptors (Lipinski definition) is 6. The van der Waals surface area contributed by atoms with Crippen LogP contribution in [-0.2, 0) is 0 Å². The number of carbonyl (C=O) groups is 1. The number of amides is 1. The van der Waals surface area contributed by atoms with Crippen molar-refractivity contribution < 1.29 is 4.79 Å². The molecule has 1 aromatic heterocycles. The summed E-state index contributed by atoms with van der Waals surface area (Å²) < 4.78 is 0. The number of nitrogens with one attached hydrogen (secondary N) is 2. The molecule has 3 rings (SSSR count). The highest BCUT2D eigenvalue weighted by Crippen LogP contribution is 2.33. The average Bonchev–Trinajstić information content (AvgIpc) is 3.39. The molecule has 1 amide bonds. The Morgan fingerprint density at radius 3 is 2.10 bits per heavy atom. The molecule has 0 spiro atoms. The first kappa shape index (κ1) is 23.7. The summed E-state index contributed by atoms with van der Waals surface area (Å²) in [5, 5.41) is 16.0. The lowest BCUT2D eigenvalue weighted by Crippen LogP contribution is -2.25. The molecule has 0 unspecified atom stereocenters. The van der Waals surface area contributed by atoms with Crippen molar-refractivity contribution in [3.63, 3.8) is 0 Å². The van der Waals surface area contributed by atoms with Crippen LogP contribution in [0.5, 0.6) is 0 Å². The van der Waals surface area contributed by atoms with Crippen LogP contribution < -0.4 is 10.6 Å². The highest BCUT2D eigenvalue weighted by Gasteiger charge is 2.23. The first-order valence-corrected chi connectivity index (χ1v) is 12.4. The highest BCUT2D eigenvalue weighted by atomic mass is 32.1. The topological polar surface area (TPSA) is 70.1 Å². The lowest BCUT2D eigenvalue weighted by atomic mass is 9.84. The van der Waals surface area contributed by atoms with Crippen molar-refractivity contribution in [2.45, 2.75) is 72.1 Å². The molecule has 0 aliphatic carbocycles. The number of carbonyl (C=O) groups excluding carboxylic acids is 1. The SMILES string of the molecule is CC(C)c1cc(C(C)C)c(C(=O)Nc2nnc(NCCN3CCCC3)s2)c(C(C)C)c1. The van der Waals surface area contributed by atoms with E-state index >= 15 is 0 Å². The van der Waals surface area contributed by atoms with E-state index in [0.717, 1.165) is 34.9 Å². The number of likely N-dealkylation sites (tertiary alicyclic amines) is 1. The summed E-state index contributed by atoms with van der Waals surface area (Å²) in [6.45, 7) is 17.2. The van der Waals surface area contributed by atoms with Gasteiger partial charge in [0.2, 0.25) is 10.3 Å². The van der Waals surface area contributed by atoms with Crippen LogP contribution in [0.25, 0.3) is 0 Å². The number of anilines is 2. The van der Waals surface area contributed by atoms with Gasteiger partial charge in [0.1, 0.15) is 0 Å². The second-order valence-corrected chi connectivity index (χ2v) is 10.4. The lowest BCUT2D eigenvalue weighted by molar-refractivity contribution is 0.102. The van der Waals surface area contributed by atoms with Crippen LogP contribution in [0.1, 0.15) is 99.2 Å². The van der Waals surface area contributed by atoms with Crippen molar-refractivity contribution in [3.8, 4) is 0 Å². The highest BCUT2D eigenvalue weighted by molar-refractivity contribution is 7.19. The molecule has 31 heavy (non-hydrogen) atoms. The molecule has 0 saturated carbocycles. The largest absolute Gasteiger partial charge is 0.359 e. The van der Waals surface area contributed by atoms with Crippen LogP contribution in [0.4, 0.5) is 10.3 Å². The van der Waals surface area contributed by atoms with Gasteiger partial charge < -0.3 is 10.2 Å². The van der Waals surface area contributed by atoms with E-state index in [1.807, 2.05) is 0 Å². The fraction of sp³-hybridized carbons (Fsp3) is 0.625. The van der Waals surface area contributed by atoms with Gasteiger partial charge in [-0.25, -0.2) is 0 Å². The Balaban J connectivity index is 1.74. The minimum absolute atomic E-state index is 0.0949. The molecule has 1 fully saturated rings. The zero-order valence-electron chi connectivity index (χ0n) is 19.8. The molecule has 1 saturated heterocycles. The van der Waals surface area contributed by atoms with Crippen molar-refractivity contribution in [3.05, 3.63) is 34.4 Å². The van der Waals surface area contributed by atoms with Gasteiger partial charge in [-0.1, -0.05) is 65.0 Å². The zero-order chi connectivity index (χ0) is 22.5. The van der Waals surface area contributed by atoms with Gasteiger partial charge in [0, 0.05) is 18.7 Å². The summed E-state index contributed by atoms with van der Waals surface area (Å²) in [5.41, 5.74) is 4.26. The number of aromatic nitrogens is 2. The summed E-state index contributed by atoms with van der Waals surface area (Å²) in [6, 6.07) is 4.39. The molecule has 1 aliphatic rings. The Labute approximate surface area is 190 Å². The molecular weight excluding hydrogens is 406 g/mol. The third kappa shape index (κ3) is 6.04. The molecule has 0 radical (unpaired) electrons. The van der Waals surface area contributed by atoms with Gasteiger partial charge >= 0.3 is 0 Å². The number of nitrogens with zero attached hydrogens (tertiary/aromatic N) is 3. The first-order valence-electron chi connectivity index (χ1n) is 11.5. The normalized spacial score (nSPS) is 14.7. The number of rotatable bonds is 9. The summed E-state index contributed by atoms with van der Waals surface area (Å²) >= 11 is 1.39. The van der Waals surface area contributed by atoms with Gasteiger partial charge in [-0.15, -0.1) is 10.2 Å². The van der Waals surface area contributed by atoms with Crippen molar-refractivity contribution in [1.29, 1.82) is 0 Å². The Morgan fingerprint density at radius 1 is 0.968 bits per heavy atom. The molecule has 170 valence electrons. The zero-order valence-corrected chi connectivity index (χ0v) is 20.6. The first-order chi connectivity index (χ1) is 14.8. The molecule has 2 heterocycles. The third-order valence-electron chi connectivity index (χ3n) is 5.91. The fourth-order valence-corrected chi connectivity index (χ4v) is 4.71. The monoisotopic (exact) mass is 443 g/mol. The molecule has 1 aliphatic heterocycles. The summed E-state index contributed by atoms with van der Waals surface area (Å²) in [5.74, 6) is 0.843. The maximum atomic E-state index is 13.3. The Morgan fingerprint density at radius 2 is 1.55 bits per heavy atom. The van der Waals surface area contributed by atoms with Gasteiger partial charge in [-0.05, 0) is 60.4 Å². The fourth-order valence-electron chi connectivity index (χ4n) is 4.05. The van der Waals surface area contributed by atoms with Crippen LogP contribution in [-0.4, -0.2) is 47.2 Å². The molecule has 7 heteroatoms. The predicted octanol–water partition coefficient (Wildman–Crippen LogP) is 5.67. The van der Waals surface area contributed by atoms with Crippen molar-refractivity contribution in [2.24, 2.45) is 0 Å².